The zero-order valence-corrected chi connectivity index (χ0v) is 11.9. The van der Waals surface area contributed by atoms with Crippen LogP contribution in [0.3, 0.4) is 0 Å². The molecule has 1 saturated carbocycles. The number of carbonyl (C=O) groups is 1. The number of hydrogen-bond donors (Lipinski definition) is 0. The normalized spacial score (nSPS) is 14.3. The summed E-state index contributed by atoms with van der Waals surface area (Å²) in [6.07, 6.45) is 6.13. The lowest BCUT2D eigenvalue weighted by Gasteiger charge is -2.19. The molecule has 20 heavy (non-hydrogen) atoms. The summed E-state index contributed by atoms with van der Waals surface area (Å²) < 4.78 is 2.10. The highest BCUT2D eigenvalue weighted by molar-refractivity contribution is 5.92. The van der Waals surface area contributed by atoms with Gasteiger partial charge in [-0.05, 0) is 43.5 Å². The van der Waals surface area contributed by atoms with Gasteiger partial charge >= 0.3 is 0 Å². The fourth-order valence-corrected chi connectivity index (χ4v) is 2.42. The smallest absolute Gasteiger partial charge is 0.270 e. The Hall–Kier alpha value is -2.10. The van der Waals surface area contributed by atoms with Crippen LogP contribution in [0.15, 0.2) is 36.7 Å². The third-order valence-corrected chi connectivity index (χ3v) is 3.79. The Morgan fingerprint density at radius 1 is 1.40 bits per heavy atom. The third-order valence-electron chi connectivity index (χ3n) is 3.79. The van der Waals surface area contributed by atoms with Gasteiger partial charge in [-0.15, -0.1) is 0 Å². The molecule has 0 N–H and O–H groups in total. The minimum Gasteiger partial charge on any atom is -0.340 e. The molecule has 0 aliphatic heterocycles. The number of aryl methyl sites for hydroxylation is 1. The molecule has 4 heteroatoms. The van der Waals surface area contributed by atoms with Crippen molar-refractivity contribution in [3.8, 4) is 0 Å². The average Bonchev–Trinajstić information content (AvgIpc) is 3.18. The second-order valence-corrected chi connectivity index (χ2v) is 5.46. The molecule has 1 fully saturated rings. The quantitative estimate of drug-likeness (QED) is 0.856. The van der Waals surface area contributed by atoms with Crippen molar-refractivity contribution in [2.24, 2.45) is 0 Å². The maximum Gasteiger partial charge on any atom is 0.270 e. The van der Waals surface area contributed by atoms with Crippen molar-refractivity contribution in [1.29, 1.82) is 0 Å². The number of carbonyl (C=O) groups excluding carboxylic acids is 1. The van der Waals surface area contributed by atoms with Gasteiger partial charge in [0.05, 0.1) is 12.2 Å². The molecule has 1 aliphatic carbocycles. The van der Waals surface area contributed by atoms with Crippen LogP contribution in [-0.2, 0) is 6.54 Å². The van der Waals surface area contributed by atoms with Gasteiger partial charge in [-0.3, -0.25) is 9.78 Å². The van der Waals surface area contributed by atoms with E-state index < -0.39 is 0 Å². The summed E-state index contributed by atoms with van der Waals surface area (Å²) >= 11 is 0. The number of pyridine rings is 1. The molecule has 0 radical (unpaired) electrons. The van der Waals surface area contributed by atoms with Crippen molar-refractivity contribution < 1.29 is 4.79 Å². The molecule has 0 atom stereocenters. The van der Waals surface area contributed by atoms with Crippen LogP contribution in [-0.4, -0.2) is 27.4 Å². The fraction of sp³-hybridized carbons (Fsp3) is 0.375. The fourth-order valence-electron chi connectivity index (χ4n) is 2.42. The van der Waals surface area contributed by atoms with Gasteiger partial charge in [0.2, 0.25) is 0 Å². The van der Waals surface area contributed by atoms with Gasteiger partial charge in [0, 0.05) is 25.5 Å². The van der Waals surface area contributed by atoms with E-state index in [2.05, 4.69) is 9.55 Å². The SMILES string of the molecule is Cc1cccnc1CN(C)C(=O)c1cccn1C1CC1. The van der Waals surface area contributed by atoms with Crippen molar-refractivity contribution in [2.75, 3.05) is 7.05 Å². The van der Waals surface area contributed by atoms with E-state index in [0.29, 0.717) is 12.6 Å². The van der Waals surface area contributed by atoms with Crippen molar-refractivity contribution in [3.63, 3.8) is 0 Å². The topological polar surface area (TPSA) is 38.1 Å². The predicted molar refractivity (Wildman–Crippen MR) is 77.5 cm³/mol. The Labute approximate surface area is 119 Å². The van der Waals surface area contributed by atoms with Gasteiger partial charge in [0.25, 0.3) is 5.91 Å². The van der Waals surface area contributed by atoms with Crippen LogP contribution in [0.2, 0.25) is 0 Å². The Balaban J connectivity index is 1.76. The first-order valence-electron chi connectivity index (χ1n) is 6.99. The van der Waals surface area contributed by atoms with E-state index in [1.807, 2.05) is 44.4 Å². The molecule has 1 aliphatic rings. The summed E-state index contributed by atoms with van der Waals surface area (Å²) in [5.41, 5.74) is 2.85. The number of hydrogen-bond acceptors (Lipinski definition) is 2. The molecular formula is C16H19N3O. The van der Waals surface area contributed by atoms with Crippen molar-refractivity contribution in [2.45, 2.75) is 32.4 Å². The third kappa shape index (κ3) is 2.46. The van der Waals surface area contributed by atoms with Crippen molar-refractivity contribution in [1.82, 2.24) is 14.5 Å². The summed E-state index contributed by atoms with van der Waals surface area (Å²) in [5.74, 6) is 0.0620. The standard InChI is InChI=1S/C16H19N3O/c1-12-5-3-9-17-14(12)11-18(2)16(20)15-6-4-10-19(15)13-7-8-13/h3-6,9-10,13H,7-8,11H2,1-2H3. The zero-order valence-electron chi connectivity index (χ0n) is 11.9. The number of amides is 1. The van der Waals surface area contributed by atoms with Crippen molar-refractivity contribution >= 4 is 5.91 Å². The first-order valence-corrected chi connectivity index (χ1v) is 6.99. The highest BCUT2D eigenvalue weighted by Crippen LogP contribution is 2.36. The van der Waals surface area contributed by atoms with Gasteiger partial charge in [0.1, 0.15) is 5.69 Å². The lowest BCUT2D eigenvalue weighted by molar-refractivity contribution is 0.0772. The Bertz CT molecular complexity index is 628. The van der Waals surface area contributed by atoms with Gasteiger partial charge in [-0.2, -0.15) is 0 Å². The number of aromatic nitrogens is 2. The monoisotopic (exact) mass is 269 g/mol. The summed E-state index contributed by atoms with van der Waals surface area (Å²) in [5, 5.41) is 0. The molecule has 0 saturated heterocycles. The van der Waals surface area contributed by atoms with Gasteiger partial charge in [-0.25, -0.2) is 0 Å². The van der Waals surface area contributed by atoms with Crippen LogP contribution in [0.5, 0.6) is 0 Å². The average molecular weight is 269 g/mol. The number of nitrogens with zero attached hydrogens (tertiary/aromatic N) is 3. The minimum atomic E-state index is 0.0620. The largest absolute Gasteiger partial charge is 0.340 e. The van der Waals surface area contributed by atoms with Crippen LogP contribution in [0, 0.1) is 6.92 Å². The van der Waals surface area contributed by atoms with Crippen molar-refractivity contribution in [3.05, 3.63) is 53.6 Å². The molecule has 0 aromatic carbocycles. The summed E-state index contributed by atoms with van der Waals surface area (Å²) in [4.78, 5) is 18.6. The number of rotatable bonds is 4. The second-order valence-electron chi connectivity index (χ2n) is 5.46. The van der Waals surface area contributed by atoms with Crippen LogP contribution < -0.4 is 0 Å². The van der Waals surface area contributed by atoms with E-state index in [1.165, 1.54) is 12.8 Å². The first-order chi connectivity index (χ1) is 9.66. The summed E-state index contributed by atoms with van der Waals surface area (Å²) in [6.45, 7) is 2.56. The predicted octanol–water partition coefficient (Wildman–Crippen LogP) is 2.80. The molecule has 0 unspecified atom stereocenters. The second kappa shape index (κ2) is 5.12. The van der Waals surface area contributed by atoms with E-state index in [0.717, 1.165) is 17.0 Å². The highest BCUT2D eigenvalue weighted by Gasteiger charge is 2.27. The van der Waals surface area contributed by atoms with E-state index in [9.17, 15) is 4.79 Å². The molecule has 104 valence electrons. The lowest BCUT2D eigenvalue weighted by atomic mass is 10.2. The van der Waals surface area contributed by atoms with Gasteiger partial charge < -0.3 is 9.47 Å². The maximum absolute atomic E-state index is 12.6. The first kappa shape index (κ1) is 12.9. The van der Waals surface area contributed by atoms with Gasteiger partial charge in [0.15, 0.2) is 0 Å². The van der Waals surface area contributed by atoms with E-state index in [4.69, 9.17) is 0 Å². The Morgan fingerprint density at radius 2 is 2.20 bits per heavy atom. The molecule has 2 heterocycles. The van der Waals surface area contributed by atoms with E-state index >= 15 is 0 Å². The summed E-state index contributed by atoms with van der Waals surface area (Å²) in [6, 6.07) is 8.31. The zero-order chi connectivity index (χ0) is 14.1. The molecule has 3 rings (SSSR count). The minimum absolute atomic E-state index is 0.0620. The van der Waals surface area contributed by atoms with Crippen LogP contribution in [0.1, 0.15) is 40.6 Å². The van der Waals surface area contributed by atoms with Crippen LogP contribution in [0.4, 0.5) is 0 Å². The molecule has 4 nitrogen and oxygen atoms in total. The van der Waals surface area contributed by atoms with Crippen LogP contribution in [0.25, 0.3) is 0 Å². The van der Waals surface area contributed by atoms with Crippen LogP contribution >= 0.6 is 0 Å². The molecule has 2 aromatic heterocycles. The van der Waals surface area contributed by atoms with E-state index in [1.54, 1.807) is 11.1 Å². The molecule has 0 spiro atoms. The maximum atomic E-state index is 12.6. The molecule has 2 aromatic rings. The van der Waals surface area contributed by atoms with E-state index in [-0.39, 0.29) is 5.91 Å². The lowest BCUT2D eigenvalue weighted by Crippen LogP contribution is -2.28. The van der Waals surface area contributed by atoms with Gasteiger partial charge in [-0.1, -0.05) is 6.07 Å². The highest BCUT2D eigenvalue weighted by atomic mass is 16.2. The molecule has 0 bridgehead atoms. The summed E-state index contributed by atoms with van der Waals surface area (Å²) in [7, 11) is 1.83. The Kier molecular flexibility index (Phi) is 3.30. The molecule has 1 amide bonds. The Morgan fingerprint density at radius 3 is 2.90 bits per heavy atom. The molecular weight excluding hydrogens is 250 g/mol.